The zero-order valence-corrected chi connectivity index (χ0v) is 17.9. The molecule has 0 fully saturated rings. The molecule has 0 spiro atoms. The number of amides is 2. The summed E-state index contributed by atoms with van der Waals surface area (Å²) in [6, 6.07) is 8.97. The van der Waals surface area contributed by atoms with Gasteiger partial charge in [-0.25, -0.2) is 14.1 Å². The molecule has 11 heteroatoms. The molecule has 0 saturated heterocycles. The maximum absolute atomic E-state index is 14.3. The smallest absolute Gasteiger partial charge is 0.421 e. The van der Waals surface area contributed by atoms with Crippen molar-refractivity contribution >= 4 is 17.7 Å². The molecule has 0 N–H and O–H groups in total. The van der Waals surface area contributed by atoms with Crippen LogP contribution in [0.25, 0.3) is 0 Å². The molecule has 176 valence electrons. The third kappa shape index (κ3) is 4.27. The summed E-state index contributed by atoms with van der Waals surface area (Å²) in [5, 5.41) is 11.3. The fraction of sp³-hybridized carbons (Fsp3) is 0.364. The van der Waals surface area contributed by atoms with Crippen molar-refractivity contribution in [2.45, 2.75) is 38.0 Å². The van der Waals surface area contributed by atoms with E-state index >= 15 is 0 Å². The fourth-order valence-corrected chi connectivity index (χ4v) is 4.08. The number of hydrogen-bond donors (Lipinski definition) is 0. The zero-order chi connectivity index (χ0) is 24.8. The van der Waals surface area contributed by atoms with Gasteiger partial charge in [-0.2, -0.15) is 13.2 Å². The highest BCUT2D eigenvalue weighted by molar-refractivity contribution is 6.22. The summed E-state index contributed by atoms with van der Waals surface area (Å²) in [5.41, 5.74) is -4.88. The van der Waals surface area contributed by atoms with E-state index in [2.05, 4.69) is 0 Å². The van der Waals surface area contributed by atoms with Crippen LogP contribution in [0, 0.1) is 21.8 Å². The minimum absolute atomic E-state index is 0.224. The number of imide groups is 1. The Labute approximate surface area is 186 Å². The van der Waals surface area contributed by atoms with Crippen LogP contribution in [0.4, 0.5) is 28.0 Å². The van der Waals surface area contributed by atoms with E-state index < -0.39 is 58.0 Å². The van der Waals surface area contributed by atoms with Crippen LogP contribution in [-0.2, 0) is 14.9 Å². The first kappa shape index (κ1) is 24.1. The molecule has 1 heterocycles. The molecule has 1 aliphatic rings. The van der Waals surface area contributed by atoms with Crippen molar-refractivity contribution in [2.75, 3.05) is 11.4 Å². The van der Waals surface area contributed by atoms with Crippen LogP contribution < -0.4 is 4.90 Å². The van der Waals surface area contributed by atoms with Gasteiger partial charge >= 0.3 is 12.3 Å². The van der Waals surface area contributed by atoms with Gasteiger partial charge in [0.15, 0.2) is 0 Å². The largest absolute Gasteiger partial charge is 0.443 e. The summed E-state index contributed by atoms with van der Waals surface area (Å²) in [5.74, 6) is -5.26. The molecule has 0 aliphatic carbocycles. The van der Waals surface area contributed by atoms with E-state index in [1.165, 1.54) is 45.0 Å². The van der Waals surface area contributed by atoms with Crippen LogP contribution in [0.1, 0.15) is 31.9 Å². The molecule has 2 amide bonds. The maximum atomic E-state index is 14.3. The van der Waals surface area contributed by atoms with Gasteiger partial charge in [-0.15, -0.1) is 0 Å². The third-order valence-corrected chi connectivity index (χ3v) is 5.22. The Hall–Kier alpha value is -3.50. The van der Waals surface area contributed by atoms with Crippen LogP contribution in [0.3, 0.4) is 0 Å². The number of carbonyl (C=O) groups is 2. The Kier molecular flexibility index (Phi) is 5.95. The number of para-hydroxylation sites is 1. The molecule has 3 rings (SSSR count). The quantitative estimate of drug-likeness (QED) is 0.364. The first-order valence-electron chi connectivity index (χ1n) is 9.81. The molecule has 0 bridgehead atoms. The first-order chi connectivity index (χ1) is 15.2. The van der Waals surface area contributed by atoms with Gasteiger partial charge in [0, 0.05) is 4.92 Å². The maximum Gasteiger partial charge on any atom is 0.421 e. The molecule has 0 aromatic heterocycles. The zero-order valence-electron chi connectivity index (χ0n) is 17.9. The second-order valence-electron chi connectivity index (χ2n) is 8.57. The Bertz CT molecular complexity index is 1110. The predicted molar refractivity (Wildman–Crippen MR) is 109 cm³/mol. The monoisotopic (exact) mass is 468 g/mol. The van der Waals surface area contributed by atoms with Crippen molar-refractivity contribution < 1.29 is 36.8 Å². The van der Waals surface area contributed by atoms with Crippen LogP contribution in [-0.4, -0.2) is 35.2 Å². The average molecular weight is 468 g/mol. The number of benzene rings is 2. The van der Waals surface area contributed by atoms with Gasteiger partial charge < -0.3 is 4.74 Å². The molecular weight excluding hydrogens is 448 g/mol. The number of halogens is 4. The average Bonchev–Trinajstić information content (AvgIpc) is 2.93. The number of nitro groups is 1. The molecule has 0 saturated carbocycles. The van der Waals surface area contributed by atoms with E-state index in [-0.39, 0.29) is 11.3 Å². The Morgan fingerprint density at radius 1 is 1.15 bits per heavy atom. The summed E-state index contributed by atoms with van der Waals surface area (Å²) < 4.78 is 62.4. The van der Waals surface area contributed by atoms with E-state index in [1.54, 1.807) is 0 Å². The van der Waals surface area contributed by atoms with E-state index in [1.807, 2.05) is 0 Å². The summed E-state index contributed by atoms with van der Waals surface area (Å²) in [6.45, 7) is 2.83. The predicted octanol–water partition coefficient (Wildman–Crippen LogP) is 4.85. The second-order valence-corrected chi connectivity index (χ2v) is 8.57. The third-order valence-electron chi connectivity index (χ3n) is 5.22. The summed E-state index contributed by atoms with van der Waals surface area (Å²) in [6.07, 6.45) is -6.51. The lowest BCUT2D eigenvalue weighted by Crippen LogP contribution is -2.55. The van der Waals surface area contributed by atoms with E-state index in [4.69, 9.17) is 4.74 Å². The van der Waals surface area contributed by atoms with Crippen molar-refractivity contribution in [2.24, 2.45) is 5.92 Å². The van der Waals surface area contributed by atoms with Gasteiger partial charge in [0.2, 0.25) is 6.54 Å². The molecule has 33 heavy (non-hydrogen) atoms. The highest BCUT2D eigenvalue weighted by Gasteiger charge is 2.67. The number of hydrogen-bond acceptors (Lipinski definition) is 5. The molecule has 7 nitrogen and oxygen atoms in total. The lowest BCUT2D eigenvalue weighted by atomic mass is 9.65. The van der Waals surface area contributed by atoms with Gasteiger partial charge in [-0.1, -0.05) is 30.3 Å². The Balaban J connectivity index is 2.39. The topological polar surface area (TPSA) is 89.8 Å². The van der Waals surface area contributed by atoms with Gasteiger partial charge in [0.1, 0.15) is 22.8 Å². The second kappa shape index (κ2) is 8.13. The number of ether oxygens (including phenoxy) is 1. The molecule has 2 aromatic carbocycles. The Morgan fingerprint density at radius 2 is 1.79 bits per heavy atom. The summed E-state index contributed by atoms with van der Waals surface area (Å²) in [4.78, 5) is 37.2. The molecular formula is C22H20F4N2O5. The number of alkyl halides is 3. The van der Waals surface area contributed by atoms with E-state index in [0.717, 1.165) is 18.2 Å². The number of rotatable bonds is 4. The molecule has 0 radical (unpaired) electrons. The minimum Gasteiger partial charge on any atom is -0.443 e. The number of carbonyl (C=O) groups excluding carboxylic acids is 2. The fourth-order valence-electron chi connectivity index (χ4n) is 4.08. The molecule has 1 aliphatic heterocycles. The van der Waals surface area contributed by atoms with Crippen molar-refractivity contribution in [3.63, 3.8) is 0 Å². The van der Waals surface area contributed by atoms with Gasteiger partial charge in [-0.3, -0.25) is 14.9 Å². The van der Waals surface area contributed by atoms with Crippen LogP contribution in [0.15, 0.2) is 48.5 Å². The summed E-state index contributed by atoms with van der Waals surface area (Å²) >= 11 is 0. The first-order valence-corrected chi connectivity index (χ1v) is 9.81. The molecule has 0 unspecified atom stereocenters. The van der Waals surface area contributed by atoms with Gasteiger partial charge in [-0.05, 0) is 50.1 Å². The Morgan fingerprint density at radius 3 is 2.33 bits per heavy atom. The van der Waals surface area contributed by atoms with E-state index in [0.29, 0.717) is 11.0 Å². The molecule has 2 atom stereocenters. The van der Waals surface area contributed by atoms with Crippen molar-refractivity contribution in [3.8, 4) is 0 Å². The van der Waals surface area contributed by atoms with Crippen molar-refractivity contribution in [1.82, 2.24) is 0 Å². The van der Waals surface area contributed by atoms with Crippen LogP contribution in [0.5, 0.6) is 0 Å². The molecule has 2 aromatic rings. The minimum atomic E-state index is -5.26. The van der Waals surface area contributed by atoms with Gasteiger partial charge in [0.25, 0.3) is 5.91 Å². The standard InChI is InChI=1S/C22H20F4N2O5/c1-20(2,3)33-19(30)28-16-10-5-4-9-15(16)21(18(28)29,13-7-6-8-14(23)11-13)17(12-27(31)32)22(24,25)26/h4-11,17H,12H2,1-3H3/t17-,21+/m0/s1. The normalized spacial score (nSPS) is 19.2. The number of nitrogens with zero attached hydrogens (tertiary/aromatic N) is 2. The van der Waals surface area contributed by atoms with E-state index in [9.17, 15) is 37.3 Å². The van der Waals surface area contributed by atoms with Crippen molar-refractivity contribution in [1.29, 1.82) is 0 Å². The lowest BCUT2D eigenvalue weighted by molar-refractivity contribution is -0.499. The van der Waals surface area contributed by atoms with Gasteiger partial charge in [0.05, 0.1) is 5.69 Å². The number of anilines is 1. The SMILES string of the molecule is CC(C)(C)OC(=O)N1C(=O)[C@@](c2cccc(F)c2)([C@H](C[N+](=O)[O-])C(F)(F)F)c2ccccc21. The van der Waals surface area contributed by atoms with Crippen LogP contribution >= 0.6 is 0 Å². The highest BCUT2D eigenvalue weighted by atomic mass is 19.4. The summed E-state index contributed by atoms with van der Waals surface area (Å²) in [7, 11) is 0. The number of fused-ring (bicyclic) bond motifs is 1. The lowest BCUT2D eigenvalue weighted by Gasteiger charge is -2.36. The van der Waals surface area contributed by atoms with Crippen molar-refractivity contribution in [3.05, 3.63) is 75.6 Å². The van der Waals surface area contributed by atoms with Crippen LogP contribution in [0.2, 0.25) is 0 Å². The highest BCUT2D eigenvalue weighted by Crippen LogP contribution is 2.55.